The molecule has 1 aromatic carbocycles. The van der Waals surface area contributed by atoms with Crippen molar-refractivity contribution < 1.29 is 4.74 Å². The van der Waals surface area contributed by atoms with Crippen LogP contribution in [0.25, 0.3) is 0 Å². The van der Waals surface area contributed by atoms with Crippen LogP contribution in [0.1, 0.15) is 18.9 Å². The van der Waals surface area contributed by atoms with E-state index in [0.29, 0.717) is 5.25 Å². The Bertz CT molecular complexity index is 368. The van der Waals surface area contributed by atoms with Gasteiger partial charge in [-0.3, -0.25) is 0 Å². The number of nitrogens with one attached hydrogen (secondary N) is 1. The number of rotatable bonds is 6. The number of thioether (sulfide) groups is 1. The Labute approximate surface area is 112 Å². The molecule has 2 nitrogen and oxygen atoms in total. The van der Waals surface area contributed by atoms with Gasteiger partial charge in [-0.15, -0.1) is 11.8 Å². The molecule has 0 spiro atoms. The molecule has 4 heteroatoms. The molecule has 1 heterocycles. The minimum Gasteiger partial charge on any atom is -0.379 e. The summed E-state index contributed by atoms with van der Waals surface area (Å²) in [5.41, 5.74) is 1.33. The molecular weight excluding hydrogens is 254 g/mol. The van der Waals surface area contributed by atoms with E-state index in [4.69, 9.17) is 16.3 Å². The summed E-state index contributed by atoms with van der Waals surface area (Å²) < 4.78 is 5.21. The molecule has 1 saturated heterocycles. The van der Waals surface area contributed by atoms with Gasteiger partial charge < -0.3 is 10.1 Å². The molecule has 1 N–H and O–H groups in total. The summed E-state index contributed by atoms with van der Waals surface area (Å²) in [6.45, 7) is 5.87. The van der Waals surface area contributed by atoms with E-state index in [2.05, 4.69) is 24.4 Å². The van der Waals surface area contributed by atoms with Crippen LogP contribution in [0.3, 0.4) is 0 Å². The van der Waals surface area contributed by atoms with E-state index < -0.39 is 0 Å². The van der Waals surface area contributed by atoms with Crippen molar-refractivity contribution in [2.75, 3.05) is 19.8 Å². The molecular formula is C13H18ClNOS. The zero-order valence-electron chi connectivity index (χ0n) is 10.0. The summed E-state index contributed by atoms with van der Waals surface area (Å²) in [4.78, 5) is 1.29. The predicted octanol–water partition coefficient (Wildman–Crippen LogP) is 3.33. The first-order valence-corrected chi connectivity index (χ1v) is 7.29. The lowest BCUT2D eigenvalue weighted by molar-refractivity contribution is 0.0455. The third-order valence-electron chi connectivity index (χ3n) is 2.67. The highest BCUT2D eigenvalue weighted by molar-refractivity contribution is 8.00. The largest absolute Gasteiger partial charge is 0.379 e. The van der Waals surface area contributed by atoms with E-state index in [9.17, 15) is 0 Å². The first-order valence-electron chi connectivity index (χ1n) is 6.03. The van der Waals surface area contributed by atoms with Gasteiger partial charge in [0.1, 0.15) is 0 Å². The highest BCUT2D eigenvalue weighted by Crippen LogP contribution is 2.32. The first kappa shape index (κ1) is 13.2. The lowest BCUT2D eigenvalue weighted by atomic mass is 10.2. The molecule has 1 aliphatic heterocycles. The molecule has 0 amide bonds. The van der Waals surface area contributed by atoms with Crippen LogP contribution in [0.2, 0.25) is 5.02 Å². The molecule has 1 aromatic rings. The average molecular weight is 272 g/mol. The minimum absolute atomic E-state index is 0.596. The first-order chi connectivity index (χ1) is 8.29. The Morgan fingerprint density at radius 3 is 2.94 bits per heavy atom. The van der Waals surface area contributed by atoms with E-state index >= 15 is 0 Å². The van der Waals surface area contributed by atoms with E-state index in [-0.39, 0.29) is 0 Å². The van der Waals surface area contributed by atoms with Gasteiger partial charge in [0.15, 0.2) is 0 Å². The zero-order valence-corrected chi connectivity index (χ0v) is 11.6. The predicted molar refractivity (Wildman–Crippen MR) is 73.9 cm³/mol. The molecule has 1 fully saturated rings. The Balaban J connectivity index is 2.01. The SMILES string of the molecule is CCCNCc1ccc(Cl)cc1SC1COC1. The lowest BCUT2D eigenvalue weighted by Crippen LogP contribution is -2.30. The molecule has 0 saturated carbocycles. The summed E-state index contributed by atoms with van der Waals surface area (Å²) in [5, 5.41) is 4.84. The smallest absolute Gasteiger partial charge is 0.0611 e. The summed E-state index contributed by atoms with van der Waals surface area (Å²) in [7, 11) is 0. The van der Waals surface area contributed by atoms with Gasteiger partial charge in [-0.1, -0.05) is 24.6 Å². The molecule has 0 unspecified atom stereocenters. The Morgan fingerprint density at radius 1 is 1.47 bits per heavy atom. The molecule has 94 valence electrons. The van der Waals surface area contributed by atoms with Crippen molar-refractivity contribution in [3.63, 3.8) is 0 Å². The normalized spacial score (nSPS) is 15.9. The lowest BCUT2D eigenvalue weighted by Gasteiger charge is -2.26. The third kappa shape index (κ3) is 3.88. The topological polar surface area (TPSA) is 21.3 Å². The Morgan fingerprint density at radius 2 is 2.29 bits per heavy atom. The summed E-state index contributed by atoms with van der Waals surface area (Å²) in [6, 6.07) is 6.15. The molecule has 17 heavy (non-hydrogen) atoms. The van der Waals surface area contributed by atoms with Gasteiger partial charge >= 0.3 is 0 Å². The van der Waals surface area contributed by atoms with E-state index in [1.165, 1.54) is 10.5 Å². The summed E-state index contributed by atoms with van der Waals surface area (Å²) in [6.07, 6.45) is 1.16. The fourth-order valence-electron chi connectivity index (χ4n) is 1.65. The number of hydrogen-bond acceptors (Lipinski definition) is 3. The van der Waals surface area contributed by atoms with Gasteiger partial charge in [0, 0.05) is 16.5 Å². The van der Waals surface area contributed by atoms with Gasteiger partial charge in [-0.25, -0.2) is 0 Å². The van der Waals surface area contributed by atoms with Gasteiger partial charge in [0.25, 0.3) is 0 Å². The fraction of sp³-hybridized carbons (Fsp3) is 0.538. The van der Waals surface area contributed by atoms with Crippen LogP contribution in [0.4, 0.5) is 0 Å². The second-order valence-electron chi connectivity index (χ2n) is 4.21. The maximum atomic E-state index is 6.06. The van der Waals surface area contributed by atoms with Crippen LogP contribution in [0, 0.1) is 0 Å². The van der Waals surface area contributed by atoms with Crippen molar-refractivity contribution >= 4 is 23.4 Å². The minimum atomic E-state index is 0.596. The van der Waals surface area contributed by atoms with Crippen molar-refractivity contribution in [2.45, 2.75) is 30.0 Å². The van der Waals surface area contributed by atoms with Crippen molar-refractivity contribution in [1.82, 2.24) is 5.32 Å². The van der Waals surface area contributed by atoms with Crippen LogP contribution < -0.4 is 5.32 Å². The quantitative estimate of drug-likeness (QED) is 0.802. The van der Waals surface area contributed by atoms with Crippen LogP contribution in [-0.4, -0.2) is 25.0 Å². The number of hydrogen-bond donors (Lipinski definition) is 1. The molecule has 0 bridgehead atoms. The highest BCUT2D eigenvalue weighted by Gasteiger charge is 2.20. The van der Waals surface area contributed by atoms with Gasteiger partial charge in [-0.05, 0) is 30.7 Å². The monoisotopic (exact) mass is 271 g/mol. The van der Waals surface area contributed by atoms with Crippen molar-refractivity contribution in [1.29, 1.82) is 0 Å². The molecule has 0 atom stereocenters. The highest BCUT2D eigenvalue weighted by atomic mass is 35.5. The van der Waals surface area contributed by atoms with Gasteiger partial charge in [0.05, 0.1) is 18.5 Å². The third-order valence-corrected chi connectivity index (χ3v) is 4.15. The van der Waals surface area contributed by atoms with Crippen LogP contribution >= 0.6 is 23.4 Å². The summed E-state index contributed by atoms with van der Waals surface area (Å²) in [5.74, 6) is 0. The van der Waals surface area contributed by atoms with Crippen molar-refractivity contribution in [3.05, 3.63) is 28.8 Å². The van der Waals surface area contributed by atoms with E-state index in [0.717, 1.165) is 37.7 Å². The van der Waals surface area contributed by atoms with Crippen LogP contribution in [0.15, 0.2) is 23.1 Å². The standard InChI is InChI=1S/C13H18ClNOS/c1-2-5-15-7-10-3-4-11(14)6-13(10)17-12-8-16-9-12/h3-4,6,12,15H,2,5,7-9H2,1H3. The van der Waals surface area contributed by atoms with E-state index in [1.54, 1.807) is 0 Å². The second kappa shape index (κ2) is 6.64. The molecule has 1 aliphatic rings. The van der Waals surface area contributed by atoms with Crippen LogP contribution in [0.5, 0.6) is 0 Å². The molecule has 2 rings (SSSR count). The Kier molecular flexibility index (Phi) is 5.16. The van der Waals surface area contributed by atoms with Crippen molar-refractivity contribution in [3.8, 4) is 0 Å². The second-order valence-corrected chi connectivity index (χ2v) is 5.98. The maximum Gasteiger partial charge on any atom is 0.0611 e. The van der Waals surface area contributed by atoms with Gasteiger partial charge in [0.2, 0.25) is 0 Å². The number of benzene rings is 1. The zero-order chi connectivity index (χ0) is 12.1. The molecule has 0 radical (unpaired) electrons. The Hall–Kier alpha value is -0.220. The summed E-state index contributed by atoms with van der Waals surface area (Å²) >= 11 is 7.94. The van der Waals surface area contributed by atoms with E-state index in [1.807, 2.05) is 17.8 Å². The molecule has 0 aliphatic carbocycles. The maximum absolute atomic E-state index is 6.06. The number of ether oxygens (including phenoxy) is 1. The van der Waals surface area contributed by atoms with Gasteiger partial charge in [-0.2, -0.15) is 0 Å². The molecule has 0 aromatic heterocycles. The fourth-order valence-corrected chi connectivity index (χ4v) is 3.06. The number of halogens is 1. The van der Waals surface area contributed by atoms with Crippen LogP contribution in [-0.2, 0) is 11.3 Å². The average Bonchev–Trinajstić information content (AvgIpc) is 2.26. The van der Waals surface area contributed by atoms with Crippen molar-refractivity contribution in [2.24, 2.45) is 0 Å².